The second kappa shape index (κ2) is 12.1. The van der Waals surface area contributed by atoms with Gasteiger partial charge < -0.3 is 9.47 Å². The molecule has 142 valence electrons. The van der Waals surface area contributed by atoms with Crippen molar-refractivity contribution >= 4 is 11.9 Å². The molecule has 0 amide bonds. The van der Waals surface area contributed by atoms with Crippen LogP contribution >= 0.6 is 0 Å². The molecule has 0 aromatic rings. The van der Waals surface area contributed by atoms with E-state index in [0.29, 0.717) is 13.0 Å². The zero-order valence-corrected chi connectivity index (χ0v) is 16.2. The first kappa shape index (κ1) is 21.7. The standard InChI is InChI=1S/C22H30O4/c1-5-26-21(23)13-9-8-12-20(18(3)16-22(24)25-4)15-14-17(2)19-10-6-7-11-19/h6-13,18,20H,5,14-16H2,1-4H3/b12-8+,13-9+/t18-,20+/m0/s1. The largest absolute Gasteiger partial charge is 0.469 e. The zero-order valence-electron chi connectivity index (χ0n) is 16.2. The maximum atomic E-state index is 11.6. The molecule has 1 aliphatic rings. The quantitative estimate of drug-likeness (QED) is 0.323. The highest BCUT2D eigenvalue weighted by Crippen LogP contribution is 2.26. The van der Waals surface area contributed by atoms with Gasteiger partial charge >= 0.3 is 11.9 Å². The van der Waals surface area contributed by atoms with E-state index in [1.807, 2.05) is 18.2 Å². The number of allylic oxidation sites excluding steroid dienone is 9. The van der Waals surface area contributed by atoms with Crippen LogP contribution in [-0.2, 0) is 19.1 Å². The predicted molar refractivity (Wildman–Crippen MR) is 104 cm³/mol. The first-order chi connectivity index (χ1) is 12.5. The molecule has 0 N–H and O–H groups in total. The monoisotopic (exact) mass is 358 g/mol. The summed E-state index contributed by atoms with van der Waals surface area (Å²) in [7, 11) is 1.41. The molecule has 0 fully saturated rings. The Balaban J connectivity index is 2.73. The van der Waals surface area contributed by atoms with Crippen molar-refractivity contribution in [1.29, 1.82) is 0 Å². The smallest absolute Gasteiger partial charge is 0.330 e. The van der Waals surface area contributed by atoms with Crippen LogP contribution in [0.2, 0.25) is 0 Å². The summed E-state index contributed by atoms with van der Waals surface area (Å²) in [6.45, 7) is 6.33. The van der Waals surface area contributed by atoms with Crippen LogP contribution in [0.3, 0.4) is 0 Å². The first-order valence-corrected chi connectivity index (χ1v) is 9.10. The summed E-state index contributed by atoms with van der Waals surface area (Å²) in [5, 5.41) is 0. The van der Waals surface area contributed by atoms with Gasteiger partial charge in [0, 0.05) is 12.5 Å². The molecular formula is C22H30O4. The SMILES string of the molecule is CCOC(=O)/C=C/C=C/[C@H](CCC(C)=C1C=CC=C1)[C@@H](C)CC(=O)OC. The summed E-state index contributed by atoms with van der Waals surface area (Å²) in [4.78, 5) is 23.0. The van der Waals surface area contributed by atoms with E-state index in [-0.39, 0.29) is 23.8 Å². The van der Waals surface area contributed by atoms with E-state index in [0.717, 1.165) is 12.8 Å². The number of hydrogen-bond acceptors (Lipinski definition) is 4. The van der Waals surface area contributed by atoms with E-state index in [1.165, 1.54) is 24.3 Å². The van der Waals surface area contributed by atoms with E-state index in [1.54, 1.807) is 13.0 Å². The van der Waals surface area contributed by atoms with Gasteiger partial charge in [-0.3, -0.25) is 4.79 Å². The molecule has 1 aliphatic carbocycles. The summed E-state index contributed by atoms with van der Waals surface area (Å²) in [6, 6.07) is 0. The number of ether oxygens (including phenoxy) is 2. The topological polar surface area (TPSA) is 52.6 Å². The van der Waals surface area contributed by atoms with Gasteiger partial charge in [-0.15, -0.1) is 0 Å². The highest BCUT2D eigenvalue weighted by atomic mass is 16.5. The number of carbonyl (C=O) groups excluding carboxylic acids is 2. The average molecular weight is 358 g/mol. The number of hydrogen-bond donors (Lipinski definition) is 0. The molecule has 4 heteroatoms. The van der Waals surface area contributed by atoms with E-state index in [9.17, 15) is 9.59 Å². The molecule has 0 heterocycles. The summed E-state index contributed by atoms with van der Waals surface area (Å²) in [5.41, 5.74) is 2.59. The summed E-state index contributed by atoms with van der Waals surface area (Å²) in [6.07, 6.45) is 17.6. The number of rotatable bonds is 10. The molecule has 2 atom stereocenters. The normalized spacial score (nSPS) is 15.6. The molecule has 0 saturated carbocycles. The van der Waals surface area contributed by atoms with Gasteiger partial charge in [-0.2, -0.15) is 0 Å². The van der Waals surface area contributed by atoms with Crippen LogP contribution in [0.25, 0.3) is 0 Å². The fraction of sp³-hybridized carbons (Fsp3) is 0.455. The lowest BCUT2D eigenvalue weighted by Crippen LogP contribution is -2.15. The van der Waals surface area contributed by atoms with Gasteiger partial charge in [0.1, 0.15) is 0 Å². The van der Waals surface area contributed by atoms with Crippen LogP contribution in [0.5, 0.6) is 0 Å². The van der Waals surface area contributed by atoms with Gasteiger partial charge in [-0.1, -0.05) is 55.0 Å². The van der Waals surface area contributed by atoms with Crippen molar-refractivity contribution in [3.8, 4) is 0 Å². The Morgan fingerprint density at radius 2 is 1.88 bits per heavy atom. The molecule has 0 aliphatic heterocycles. The average Bonchev–Trinajstić information content (AvgIpc) is 3.15. The molecule has 0 bridgehead atoms. The predicted octanol–water partition coefficient (Wildman–Crippen LogP) is 4.70. The highest BCUT2D eigenvalue weighted by Gasteiger charge is 2.18. The van der Waals surface area contributed by atoms with E-state index < -0.39 is 0 Å². The van der Waals surface area contributed by atoms with Crippen LogP contribution in [0.4, 0.5) is 0 Å². The third-order valence-electron chi connectivity index (χ3n) is 4.44. The molecular weight excluding hydrogens is 328 g/mol. The molecule has 1 rings (SSSR count). The third-order valence-corrected chi connectivity index (χ3v) is 4.44. The summed E-state index contributed by atoms with van der Waals surface area (Å²) >= 11 is 0. The molecule has 0 spiro atoms. The summed E-state index contributed by atoms with van der Waals surface area (Å²) in [5.74, 6) is -0.181. The van der Waals surface area contributed by atoms with Crippen molar-refractivity contribution in [3.63, 3.8) is 0 Å². The van der Waals surface area contributed by atoms with Crippen LogP contribution < -0.4 is 0 Å². The van der Waals surface area contributed by atoms with E-state index >= 15 is 0 Å². The van der Waals surface area contributed by atoms with Crippen LogP contribution in [0.15, 0.2) is 59.8 Å². The number of esters is 2. The third kappa shape index (κ3) is 8.15. The Hall–Kier alpha value is -2.36. The van der Waals surface area contributed by atoms with Crippen LogP contribution in [0, 0.1) is 11.8 Å². The minimum absolute atomic E-state index is 0.155. The van der Waals surface area contributed by atoms with Crippen molar-refractivity contribution in [2.45, 2.75) is 40.0 Å². The fourth-order valence-corrected chi connectivity index (χ4v) is 2.79. The van der Waals surface area contributed by atoms with Gasteiger partial charge in [0.25, 0.3) is 0 Å². The lowest BCUT2D eigenvalue weighted by atomic mass is 9.85. The minimum Gasteiger partial charge on any atom is -0.469 e. The highest BCUT2D eigenvalue weighted by molar-refractivity contribution is 5.82. The second-order valence-electron chi connectivity index (χ2n) is 6.41. The van der Waals surface area contributed by atoms with Crippen molar-refractivity contribution in [1.82, 2.24) is 0 Å². The molecule has 4 nitrogen and oxygen atoms in total. The minimum atomic E-state index is -0.350. The molecule has 26 heavy (non-hydrogen) atoms. The molecule has 0 saturated heterocycles. The lowest BCUT2D eigenvalue weighted by Gasteiger charge is -2.20. The Labute approximate surface area is 156 Å². The first-order valence-electron chi connectivity index (χ1n) is 9.10. The van der Waals surface area contributed by atoms with E-state index in [2.05, 4.69) is 32.1 Å². The molecule has 0 unspecified atom stereocenters. The number of carbonyl (C=O) groups is 2. The zero-order chi connectivity index (χ0) is 19.4. The Morgan fingerprint density at radius 3 is 2.50 bits per heavy atom. The maximum absolute atomic E-state index is 11.6. The Kier molecular flexibility index (Phi) is 10.1. The van der Waals surface area contributed by atoms with Gasteiger partial charge in [0.2, 0.25) is 0 Å². The van der Waals surface area contributed by atoms with Crippen LogP contribution in [0.1, 0.15) is 40.0 Å². The van der Waals surface area contributed by atoms with Crippen molar-refractivity contribution in [2.24, 2.45) is 11.8 Å². The van der Waals surface area contributed by atoms with Crippen LogP contribution in [-0.4, -0.2) is 25.7 Å². The van der Waals surface area contributed by atoms with Gasteiger partial charge in [0.15, 0.2) is 0 Å². The maximum Gasteiger partial charge on any atom is 0.330 e. The van der Waals surface area contributed by atoms with Gasteiger partial charge in [-0.25, -0.2) is 4.79 Å². The molecule has 0 radical (unpaired) electrons. The van der Waals surface area contributed by atoms with Crippen molar-refractivity contribution < 1.29 is 19.1 Å². The van der Waals surface area contributed by atoms with Gasteiger partial charge in [-0.05, 0) is 44.1 Å². The Bertz CT molecular complexity index is 606. The van der Waals surface area contributed by atoms with Crippen molar-refractivity contribution in [3.05, 3.63) is 59.8 Å². The summed E-state index contributed by atoms with van der Waals surface area (Å²) < 4.78 is 9.66. The fourth-order valence-electron chi connectivity index (χ4n) is 2.79. The van der Waals surface area contributed by atoms with E-state index in [4.69, 9.17) is 9.47 Å². The number of methoxy groups -OCH3 is 1. The lowest BCUT2D eigenvalue weighted by molar-refractivity contribution is -0.142. The Morgan fingerprint density at radius 1 is 1.19 bits per heavy atom. The molecule has 0 aromatic carbocycles. The molecule has 0 aromatic heterocycles. The van der Waals surface area contributed by atoms with Gasteiger partial charge in [0.05, 0.1) is 13.7 Å². The second-order valence-corrected chi connectivity index (χ2v) is 6.41. The van der Waals surface area contributed by atoms with Crippen molar-refractivity contribution in [2.75, 3.05) is 13.7 Å².